The van der Waals surface area contributed by atoms with Crippen molar-refractivity contribution >= 4 is 21.6 Å². The van der Waals surface area contributed by atoms with Crippen LogP contribution in [0.15, 0.2) is 53.0 Å². The first-order valence-corrected chi connectivity index (χ1v) is 8.90. The molecule has 0 N–H and O–H groups in total. The summed E-state index contributed by atoms with van der Waals surface area (Å²) in [5.74, 6) is 0.917. The van der Waals surface area contributed by atoms with Crippen molar-refractivity contribution in [1.29, 1.82) is 0 Å². The van der Waals surface area contributed by atoms with Gasteiger partial charge in [-0.1, -0.05) is 28.1 Å². The number of rotatable bonds is 4. The Bertz CT molecular complexity index is 630. The van der Waals surface area contributed by atoms with Crippen molar-refractivity contribution in [2.45, 2.75) is 13.0 Å². The van der Waals surface area contributed by atoms with Crippen molar-refractivity contribution in [3.8, 4) is 5.75 Å². The lowest BCUT2D eigenvalue weighted by atomic mass is 10.2. The Labute approximate surface area is 147 Å². The van der Waals surface area contributed by atoms with E-state index < -0.39 is 0 Å². The molecule has 1 saturated heterocycles. The van der Waals surface area contributed by atoms with E-state index in [4.69, 9.17) is 4.74 Å². The fourth-order valence-electron chi connectivity index (χ4n) is 3.07. The van der Waals surface area contributed by atoms with Gasteiger partial charge in [0.1, 0.15) is 5.75 Å². The Balaban J connectivity index is 1.60. The van der Waals surface area contributed by atoms with E-state index in [1.165, 1.54) is 17.7 Å². The van der Waals surface area contributed by atoms with Crippen LogP contribution in [0.4, 0.5) is 5.69 Å². The predicted molar refractivity (Wildman–Crippen MR) is 99.2 cm³/mol. The number of methoxy groups -OCH3 is 1. The Morgan fingerprint density at radius 3 is 2.57 bits per heavy atom. The lowest BCUT2D eigenvalue weighted by Gasteiger charge is -2.24. The molecule has 0 aliphatic carbocycles. The number of hydrogen-bond donors (Lipinski definition) is 0. The van der Waals surface area contributed by atoms with Gasteiger partial charge in [0.25, 0.3) is 0 Å². The molecular formula is C19H23BrN2O. The summed E-state index contributed by atoms with van der Waals surface area (Å²) in [7, 11) is 1.71. The van der Waals surface area contributed by atoms with Gasteiger partial charge in [0.15, 0.2) is 0 Å². The van der Waals surface area contributed by atoms with Crippen LogP contribution in [-0.2, 0) is 6.54 Å². The molecule has 1 aliphatic rings. The molecule has 23 heavy (non-hydrogen) atoms. The summed E-state index contributed by atoms with van der Waals surface area (Å²) in [4.78, 5) is 5.02. The highest BCUT2D eigenvalue weighted by Crippen LogP contribution is 2.21. The molecule has 0 radical (unpaired) electrons. The zero-order chi connectivity index (χ0) is 16.1. The van der Waals surface area contributed by atoms with Crippen LogP contribution in [0.2, 0.25) is 0 Å². The third kappa shape index (κ3) is 4.49. The molecule has 0 atom stereocenters. The number of anilines is 1. The highest BCUT2D eigenvalue weighted by Gasteiger charge is 2.15. The quantitative estimate of drug-likeness (QED) is 0.798. The Kier molecular flexibility index (Phi) is 5.57. The van der Waals surface area contributed by atoms with Gasteiger partial charge < -0.3 is 9.64 Å². The standard InChI is InChI=1S/C19H23BrN2O/c1-23-19-8-6-18(7-9-19)22-11-3-10-21(12-13-22)15-16-4-2-5-17(20)14-16/h2,4-9,14H,3,10-13,15H2,1H3. The summed E-state index contributed by atoms with van der Waals surface area (Å²) in [6.45, 7) is 5.45. The maximum absolute atomic E-state index is 5.24. The summed E-state index contributed by atoms with van der Waals surface area (Å²) in [6, 6.07) is 17.0. The van der Waals surface area contributed by atoms with Crippen LogP contribution in [0, 0.1) is 0 Å². The zero-order valence-electron chi connectivity index (χ0n) is 13.5. The topological polar surface area (TPSA) is 15.7 Å². The molecule has 0 amide bonds. The minimum Gasteiger partial charge on any atom is -0.497 e. The predicted octanol–water partition coefficient (Wildman–Crippen LogP) is 4.17. The van der Waals surface area contributed by atoms with E-state index >= 15 is 0 Å². The second kappa shape index (κ2) is 7.84. The smallest absolute Gasteiger partial charge is 0.119 e. The first-order valence-electron chi connectivity index (χ1n) is 8.10. The van der Waals surface area contributed by atoms with E-state index in [-0.39, 0.29) is 0 Å². The minimum absolute atomic E-state index is 0.917. The molecule has 2 aromatic rings. The van der Waals surface area contributed by atoms with Crippen molar-refractivity contribution in [2.75, 3.05) is 38.2 Å². The fourth-order valence-corrected chi connectivity index (χ4v) is 3.52. The van der Waals surface area contributed by atoms with Crippen LogP contribution in [0.1, 0.15) is 12.0 Å². The molecule has 1 fully saturated rings. The second-order valence-corrected chi connectivity index (χ2v) is 6.86. The fraction of sp³-hybridized carbons (Fsp3) is 0.368. The van der Waals surface area contributed by atoms with Gasteiger partial charge >= 0.3 is 0 Å². The first kappa shape index (κ1) is 16.3. The maximum Gasteiger partial charge on any atom is 0.119 e. The van der Waals surface area contributed by atoms with Gasteiger partial charge in [-0.05, 0) is 48.4 Å². The van der Waals surface area contributed by atoms with Crippen LogP contribution in [0.25, 0.3) is 0 Å². The van der Waals surface area contributed by atoms with Gasteiger partial charge in [0.2, 0.25) is 0 Å². The molecule has 0 unspecified atom stereocenters. The molecule has 3 rings (SSSR count). The van der Waals surface area contributed by atoms with Crippen molar-refractivity contribution < 1.29 is 4.74 Å². The van der Waals surface area contributed by atoms with Gasteiger partial charge in [0.05, 0.1) is 7.11 Å². The summed E-state index contributed by atoms with van der Waals surface area (Å²) in [5.41, 5.74) is 2.66. The number of hydrogen-bond acceptors (Lipinski definition) is 3. The molecule has 3 nitrogen and oxygen atoms in total. The van der Waals surface area contributed by atoms with E-state index in [1.807, 2.05) is 12.1 Å². The van der Waals surface area contributed by atoms with E-state index in [1.54, 1.807) is 7.11 Å². The van der Waals surface area contributed by atoms with E-state index in [2.05, 4.69) is 62.1 Å². The molecule has 0 bridgehead atoms. The zero-order valence-corrected chi connectivity index (χ0v) is 15.1. The Morgan fingerprint density at radius 1 is 1.00 bits per heavy atom. The summed E-state index contributed by atoms with van der Waals surface area (Å²) < 4.78 is 6.40. The van der Waals surface area contributed by atoms with E-state index in [0.717, 1.165) is 42.9 Å². The van der Waals surface area contributed by atoms with Crippen LogP contribution in [0.5, 0.6) is 5.75 Å². The molecular weight excluding hydrogens is 352 g/mol. The molecule has 2 aromatic carbocycles. The third-order valence-electron chi connectivity index (χ3n) is 4.32. The van der Waals surface area contributed by atoms with Crippen molar-refractivity contribution in [2.24, 2.45) is 0 Å². The van der Waals surface area contributed by atoms with Crippen LogP contribution in [0.3, 0.4) is 0 Å². The Hall–Kier alpha value is -1.52. The summed E-state index contributed by atoms with van der Waals surface area (Å²) in [6.07, 6.45) is 1.19. The Morgan fingerprint density at radius 2 is 1.83 bits per heavy atom. The van der Waals surface area contributed by atoms with Crippen molar-refractivity contribution in [1.82, 2.24) is 4.90 Å². The summed E-state index contributed by atoms with van der Waals surface area (Å²) in [5, 5.41) is 0. The number of nitrogens with zero attached hydrogens (tertiary/aromatic N) is 2. The lowest BCUT2D eigenvalue weighted by Crippen LogP contribution is -2.30. The number of ether oxygens (including phenoxy) is 1. The minimum atomic E-state index is 0.917. The monoisotopic (exact) mass is 374 g/mol. The number of halogens is 1. The maximum atomic E-state index is 5.24. The average Bonchev–Trinajstić information content (AvgIpc) is 2.81. The first-order chi connectivity index (χ1) is 11.2. The molecule has 122 valence electrons. The summed E-state index contributed by atoms with van der Waals surface area (Å²) >= 11 is 3.56. The SMILES string of the molecule is COc1ccc(N2CCCN(Cc3cccc(Br)c3)CC2)cc1. The molecule has 1 aliphatic heterocycles. The molecule has 1 heterocycles. The molecule has 0 saturated carbocycles. The van der Waals surface area contributed by atoms with Crippen LogP contribution in [-0.4, -0.2) is 38.2 Å². The highest BCUT2D eigenvalue weighted by molar-refractivity contribution is 9.10. The highest BCUT2D eigenvalue weighted by atomic mass is 79.9. The van der Waals surface area contributed by atoms with Gasteiger partial charge in [-0.25, -0.2) is 0 Å². The van der Waals surface area contributed by atoms with Crippen molar-refractivity contribution in [3.63, 3.8) is 0 Å². The normalized spacial score (nSPS) is 16.2. The lowest BCUT2D eigenvalue weighted by molar-refractivity contribution is 0.285. The van der Waals surface area contributed by atoms with Gasteiger partial charge in [0, 0.05) is 42.9 Å². The number of benzene rings is 2. The van der Waals surface area contributed by atoms with Gasteiger partial charge in [-0.2, -0.15) is 0 Å². The van der Waals surface area contributed by atoms with Gasteiger partial charge in [-0.3, -0.25) is 4.90 Å². The van der Waals surface area contributed by atoms with Crippen LogP contribution < -0.4 is 9.64 Å². The van der Waals surface area contributed by atoms with Gasteiger partial charge in [-0.15, -0.1) is 0 Å². The molecule has 0 aromatic heterocycles. The van der Waals surface area contributed by atoms with Crippen molar-refractivity contribution in [3.05, 3.63) is 58.6 Å². The molecule has 4 heteroatoms. The second-order valence-electron chi connectivity index (χ2n) is 5.94. The van der Waals surface area contributed by atoms with E-state index in [9.17, 15) is 0 Å². The van der Waals surface area contributed by atoms with E-state index in [0.29, 0.717) is 0 Å². The third-order valence-corrected chi connectivity index (χ3v) is 4.81. The average molecular weight is 375 g/mol. The van der Waals surface area contributed by atoms with Crippen LogP contribution >= 0.6 is 15.9 Å². The largest absolute Gasteiger partial charge is 0.497 e. The molecule has 0 spiro atoms.